The quantitative estimate of drug-likeness (QED) is 0.162. The Hall–Kier alpha value is -2.07. The molecule has 1 heterocycles. The number of hydrogen-bond donors (Lipinski definition) is 0. The van der Waals surface area contributed by atoms with Crippen LogP contribution >= 0.6 is 31.9 Å². The first-order valence-corrected chi connectivity index (χ1v) is 12.4. The van der Waals surface area contributed by atoms with E-state index in [0.29, 0.717) is 0 Å². The van der Waals surface area contributed by atoms with Gasteiger partial charge in [-0.25, -0.2) is 24.3 Å². The molecule has 0 bridgehead atoms. The van der Waals surface area contributed by atoms with Crippen LogP contribution in [0, 0.1) is 34.4 Å². The third kappa shape index (κ3) is 7.73. The molecular formula is C29H29Br2N2Ni-3. The van der Waals surface area contributed by atoms with Gasteiger partial charge in [0.2, 0.25) is 0 Å². The molecule has 182 valence electrons. The number of halogens is 2. The molecule has 4 aromatic rings. The van der Waals surface area contributed by atoms with Crippen molar-refractivity contribution in [1.82, 2.24) is 0 Å². The van der Waals surface area contributed by atoms with Crippen LogP contribution in [0.4, 0.5) is 11.4 Å². The zero-order valence-corrected chi connectivity index (χ0v) is 23.9. The molecule has 5 rings (SSSR count). The predicted molar refractivity (Wildman–Crippen MR) is 150 cm³/mol. The van der Waals surface area contributed by atoms with Crippen LogP contribution in [0.2, 0.25) is 0 Å². The summed E-state index contributed by atoms with van der Waals surface area (Å²) in [7, 11) is 0. The molecule has 1 aliphatic rings. The Balaban J connectivity index is 0.000000305. The molecule has 0 fully saturated rings. The number of aryl methyl sites for hydroxylation is 4. The van der Waals surface area contributed by atoms with Crippen molar-refractivity contribution in [3.63, 3.8) is 0 Å². The van der Waals surface area contributed by atoms with E-state index >= 15 is 0 Å². The molecule has 0 unspecified atom stereocenters. The van der Waals surface area contributed by atoms with Gasteiger partial charge in [0, 0.05) is 36.8 Å². The number of rotatable bonds is 2. The molecule has 5 heteroatoms. The molecule has 0 N–H and O–H groups in total. The van der Waals surface area contributed by atoms with Crippen molar-refractivity contribution in [2.45, 2.75) is 27.7 Å². The standard InChI is InChI=1S/C19H19Br2N2.2C5H5.Ni/c1-12-7-16(20)8-13(2)18(12)22-5-6-23(11-22)19-14(3)9-17(21)10-15(19)4;2*1-2-4-5-3-1;/h5-11H,1-4H3;2*1-5H;/q3*-1;. The first-order chi connectivity index (χ1) is 15.9. The summed E-state index contributed by atoms with van der Waals surface area (Å²) >= 11 is 7.14. The van der Waals surface area contributed by atoms with Gasteiger partial charge in [-0.2, -0.15) is 36.4 Å². The average Bonchev–Trinajstić information content (AvgIpc) is 3.52. The van der Waals surface area contributed by atoms with E-state index in [2.05, 4.69) is 113 Å². The Labute approximate surface area is 231 Å². The third-order valence-corrected chi connectivity index (χ3v) is 6.09. The number of benzene rings is 2. The predicted octanol–water partition coefficient (Wildman–Crippen LogP) is 9.17. The second-order valence-corrected chi connectivity index (χ2v) is 9.76. The van der Waals surface area contributed by atoms with E-state index in [9.17, 15) is 0 Å². The molecule has 0 radical (unpaired) electrons. The minimum Gasteiger partial charge on any atom is -0.479 e. The monoisotopic (exact) mass is 621 g/mol. The van der Waals surface area contributed by atoms with Crippen LogP contribution in [0.25, 0.3) is 0 Å². The minimum atomic E-state index is 0. The van der Waals surface area contributed by atoms with Gasteiger partial charge < -0.3 is 9.80 Å². The van der Waals surface area contributed by atoms with E-state index in [0.717, 1.165) is 8.95 Å². The minimum absolute atomic E-state index is 0. The average molecular weight is 624 g/mol. The Morgan fingerprint density at radius 2 is 0.853 bits per heavy atom. The summed E-state index contributed by atoms with van der Waals surface area (Å²) in [5.74, 6) is 0. The fourth-order valence-corrected chi connectivity index (χ4v) is 5.25. The third-order valence-electron chi connectivity index (χ3n) is 5.18. The van der Waals surface area contributed by atoms with Gasteiger partial charge in [-0.15, -0.1) is 6.67 Å². The summed E-state index contributed by atoms with van der Waals surface area (Å²) in [6.45, 7) is 10.7. The van der Waals surface area contributed by atoms with Crippen LogP contribution < -0.4 is 9.80 Å². The van der Waals surface area contributed by atoms with Crippen molar-refractivity contribution in [2.75, 3.05) is 9.80 Å². The number of anilines is 2. The van der Waals surface area contributed by atoms with Crippen LogP contribution in [0.5, 0.6) is 0 Å². The zero-order chi connectivity index (χ0) is 23.8. The molecular weight excluding hydrogens is 595 g/mol. The molecule has 2 nitrogen and oxygen atoms in total. The van der Waals surface area contributed by atoms with Gasteiger partial charge in [0.15, 0.2) is 0 Å². The molecule has 0 atom stereocenters. The van der Waals surface area contributed by atoms with Crippen molar-refractivity contribution in [1.29, 1.82) is 0 Å². The van der Waals surface area contributed by atoms with Crippen LogP contribution in [0.3, 0.4) is 0 Å². The van der Waals surface area contributed by atoms with Crippen molar-refractivity contribution >= 4 is 43.2 Å². The van der Waals surface area contributed by atoms with Gasteiger partial charge >= 0.3 is 0 Å². The SMILES string of the molecule is Cc1cc(Br)cc(C)c1N1C=CN(c2c(C)cc(Br)cc2C)[CH-]1.[Ni].c1cc[cH-]c1.c1cc[cH-]c1. The Morgan fingerprint density at radius 3 is 1.09 bits per heavy atom. The van der Waals surface area contributed by atoms with Crippen LogP contribution in [-0.4, -0.2) is 0 Å². The molecule has 0 spiro atoms. The van der Waals surface area contributed by atoms with Gasteiger partial charge in [0.25, 0.3) is 0 Å². The van der Waals surface area contributed by atoms with E-state index in [1.807, 2.05) is 60.7 Å². The largest absolute Gasteiger partial charge is 0.479 e. The summed E-state index contributed by atoms with van der Waals surface area (Å²) in [6, 6.07) is 28.6. The molecule has 0 amide bonds. The van der Waals surface area contributed by atoms with Crippen LogP contribution in [-0.2, 0) is 16.5 Å². The van der Waals surface area contributed by atoms with Gasteiger partial charge in [-0.1, -0.05) is 31.9 Å². The van der Waals surface area contributed by atoms with Gasteiger partial charge in [0.05, 0.1) is 0 Å². The molecule has 34 heavy (non-hydrogen) atoms. The fraction of sp³-hybridized carbons (Fsp3) is 0.138. The smallest absolute Gasteiger partial charge is 0.0184 e. The van der Waals surface area contributed by atoms with Gasteiger partial charge in [-0.3, -0.25) is 0 Å². The Bertz CT molecular complexity index is 993. The van der Waals surface area contributed by atoms with E-state index in [1.165, 1.54) is 33.6 Å². The zero-order valence-electron chi connectivity index (χ0n) is 19.8. The van der Waals surface area contributed by atoms with E-state index < -0.39 is 0 Å². The Morgan fingerprint density at radius 1 is 0.559 bits per heavy atom. The summed E-state index contributed by atoms with van der Waals surface area (Å²) in [4.78, 5) is 4.38. The van der Waals surface area contributed by atoms with Crippen molar-refractivity contribution < 1.29 is 16.5 Å². The Kier molecular flexibility index (Phi) is 11.4. The second kappa shape index (κ2) is 13.7. The maximum Gasteiger partial charge on any atom is 0.0184 e. The van der Waals surface area contributed by atoms with E-state index in [4.69, 9.17) is 0 Å². The van der Waals surface area contributed by atoms with Crippen molar-refractivity contribution in [3.8, 4) is 0 Å². The summed E-state index contributed by atoms with van der Waals surface area (Å²) in [5.41, 5.74) is 7.49. The summed E-state index contributed by atoms with van der Waals surface area (Å²) in [6.07, 6.45) is 4.23. The molecule has 0 saturated heterocycles. The van der Waals surface area contributed by atoms with Crippen LogP contribution in [0.15, 0.2) is 106 Å². The molecule has 0 aliphatic carbocycles. The van der Waals surface area contributed by atoms with E-state index in [-0.39, 0.29) is 16.5 Å². The number of hydrogen-bond acceptors (Lipinski definition) is 2. The van der Waals surface area contributed by atoms with Crippen LogP contribution in [0.1, 0.15) is 22.3 Å². The molecule has 4 aromatic carbocycles. The first kappa shape index (κ1) is 28.2. The number of nitrogens with zero attached hydrogens (tertiary/aromatic N) is 2. The molecule has 1 aliphatic heterocycles. The molecule has 0 aromatic heterocycles. The van der Waals surface area contributed by atoms with Gasteiger partial charge in [-0.05, 0) is 86.6 Å². The second-order valence-electron chi connectivity index (χ2n) is 7.93. The van der Waals surface area contributed by atoms with E-state index in [1.54, 1.807) is 0 Å². The fourth-order valence-electron chi connectivity index (χ4n) is 3.88. The normalized spacial score (nSPS) is 11.8. The summed E-state index contributed by atoms with van der Waals surface area (Å²) < 4.78 is 2.24. The van der Waals surface area contributed by atoms with Gasteiger partial charge in [0.1, 0.15) is 0 Å². The first-order valence-electron chi connectivity index (χ1n) is 10.8. The summed E-state index contributed by atoms with van der Waals surface area (Å²) in [5, 5.41) is 0. The van der Waals surface area contributed by atoms with Crippen molar-refractivity contribution in [3.05, 3.63) is 135 Å². The maximum absolute atomic E-state index is 3.57. The molecule has 0 saturated carbocycles. The maximum atomic E-state index is 3.57. The topological polar surface area (TPSA) is 6.48 Å². The van der Waals surface area contributed by atoms with Crippen molar-refractivity contribution in [2.24, 2.45) is 0 Å².